The zero-order valence-electron chi connectivity index (χ0n) is 20.1. The maximum atomic E-state index is 12.7. The highest BCUT2D eigenvalue weighted by Gasteiger charge is 2.33. The summed E-state index contributed by atoms with van der Waals surface area (Å²) in [6, 6.07) is 18.9. The maximum absolute atomic E-state index is 12.7. The van der Waals surface area contributed by atoms with Gasteiger partial charge in [-0.1, -0.05) is 30.3 Å². The van der Waals surface area contributed by atoms with Crippen molar-refractivity contribution in [2.24, 2.45) is 0 Å². The predicted molar refractivity (Wildman–Crippen MR) is 133 cm³/mol. The number of pyridine rings is 1. The van der Waals surface area contributed by atoms with Gasteiger partial charge in [0.1, 0.15) is 12.0 Å². The van der Waals surface area contributed by atoms with Gasteiger partial charge in [0.15, 0.2) is 0 Å². The third-order valence-electron chi connectivity index (χ3n) is 6.44. The Morgan fingerprint density at radius 1 is 0.895 bits per heavy atom. The fourth-order valence-corrected chi connectivity index (χ4v) is 4.38. The molecule has 11 heteroatoms. The average molecular weight is 521 g/mol. The molecule has 2 amide bonds. The number of para-hydroxylation sites is 1. The molecule has 0 bridgehead atoms. The van der Waals surface area contributed by atoms with E-state index in [1.54, 1.807) is 4.90 Å². The van der Waals surface area contributed by atoms with Crippen LogP contribution in [0.4, 0.5) is 18.9 Å². The number of carbonyl (C=O) groups is 2. The largest absolute Gasteiger partial charge is 0.433 e. The number of nitrogens with one attached hydrogen (secondary N) is 1. The topological polar surface area (TPSA) is 93.0 Å². The van der Waals surface area contributed by atoms with Crippen molar-refractivity contribution in [1.29, 1.82) is 0 Å². The summed E-state index contributed by atoms with van der Waals surface area (Å²) >= 11 is 0. The molecule has 4 aromatic rings. The highest BCUT2D eigenvalue weighted by molar-refractivity contribution is 6.01. The first kappa shape index (κ1) is 25.1. The molecule has 8 nitrogen and oxygen atoms in total. The standard InChI is InChI=1S/C27H23F3N6O2/c28-27(29,30)23-11-8-20(16-31-23)26(38)35-14-12-19(13-15-35)18-6-9-21(10-7-18)33-25(37)24-32-17-36(34-24)22-4-2-1-3-5-22/h1-11,16-17,19H,12-15H2,(H,33,37). The minimum absolute atomic E-state index is 0.0539. The van der Waals surface area contributed by atoms with Crippen molar-refractivity contribution in [3.05, 3.63) is 102 Å². The maximum Gasteiger partial charge on any atom is 0.433 e. The molecule has 0 aliphatic carbocycles. The van der Waals surface area contributed by atoms with Crippen LogP contribution in [0.3, 0.4) is 0 Å². The Morgan fingerprint density at radius 3 is 2.24 bits per heavy atom. The van der Waals surface area contributed by atoms with E-state index in [0.29, 0.717) is 31.6 Å². The van der Waals surface area contributed by atoms with Crippen LogP contribution in [0, 0.1) is 0 Å². The number of hydrogen-bond acceptors (Lipinski definition) is 5. The second-order valence-corrected chi connectivity index (χ2v) is 8.92. The van der Waals surface area contributed by atoms with Gasteiger partial charge < -0.3 is 10.2 Å². The molecule has 1 aliphatic rings. The Kier molecular flexibility index (Phi) is 6.91. The summed E-state index contributed by atoms with van der Waals surface area (Å²) in [7, 11) is 0. The van der Waals surface area contributed by atoms with Crippen LogP contribution in [0.2, 0.25) is 0 Å². The molecule has 0 unspecified atom stereocenters. The zero-order valence-corrected chi connectivity index (χ0v) is 20.1. The Labute approximate surface area is 216 Å². The van der Waals surface area contributed by atoms with E-state index in [1.165, 1.54) is 17.1 Å². The van der Waals surface area contributed by atoms with E-state index in [4.69, 9.17) is 0 Å². The van der Waals surface area contributed by atoms with Gasteiger partial charge in [0, 0.05) is 25.0 Å². The number of halogens is 3. The monoisotopic (exact) mass is 520 g/mol. The minimum Gasteiger partial charge on any atom is -0.339 e. The Balaban J connectivity index is 1.15. The number of aromatic nitrogens is 4. The van der Waals surface area contributed by atoms with Crippen LogP contribution in [0.25, 0.3) is 5.69 Å². The predicted octanol–water partition coefficient (Wildman–Crippen LogP) is 4.95. The van der Waals surface area contributed by atoms with Gasteiger partial charge in [-0.2, -0.15) is 13.2 Å². The van der Waals surface area contributed by atoms with Crippen LogP contribution >= 0.6 is 0 Å². The highest BCUT2D eigenvalue weighted by Crippen LogP contribution is 2.30. The molecule has 2 aromatic carbocycles. The van der Waals surface area contributed by atoms with E-state index in [0.717, 1.165) is 23.5 Å². The van der Waals surface area contributed by atoms with E-state index in [9.17, 15) is 22.8 Å². The molecule has 1 saturated heterocycles. The second-order valence-electron chi connectivity index (χ2n) is 8.92. The normalized spacial score (nSPS) is 14.3. The molecular formula is C27H23F3N6O2. The van der Waals surface area contributed by atoms with Gasteiger partial charge in [0.2, 0.25) is 5.82 Å². The van der Waals surface area contributed by atoms with Crippen LogP contribution in [0.5, 0.6) is 0 Å². The summed E-state index contributed by atoms with van der Waals surface area (Å²) in [5, 5.41) is 7.03. The third kappa shape index (κ3) is 5.56. The number of hydrogen-bond donors (Lipinski definition) is 1. The molecule has 1 N–H and O–H groups in total. The van der Waals surface area contributed by atoms with E-state index in [2.05, 4.69) is 20.4 Å². The van der Waals surface area contributed by atoms with E-state index < -0.39 is 17.8 Å². The average Bonchev–Trinajstić information content (AvgIpc) is 3.44. The number of carbonyl (C=O) groups excluding carboxylic acids is 2. The van der Waals surface area contributed by atoms with Crippen LogP contribution in [-0.4, -0.2) is 49.6 Å². The molecule has 2 aromatic heterocycles. The summed E-state index contributed by atoms with van der Waals surface area (Å²) in [4.78, 5) is 34.4. The highest BCUT2D eigenvalue weighted by atomic mass is 19.4. The summed E-state index contributed by atoms with van der Waals surface area (Å²) in [5.41, 5.74) is 1.60. The molecule has 38 heavy (non-hydrogen) atoms. The lowest BCUT2D eigenvalue weighted by Gasteiger charge is -2.32. The van der Waals surface area contributed by atoms with Crippen LogP contribution in [-0.2, 0) is 6.18 Å². The van der Waals surface area contributed by atoms with E-state index in [-0.39, 0.29) is 23.2 Å². The van der Waals surface area contributed by atoms with Crippen molar-refractivity contribution in [3.8, 4) is 5.69 Å². The molecular weight excluding hydrogens is 497 g/mol. The van der Waals surface area contributed by atoms with Crippen molar-refractivity contribution in [3.63, 3.8) is 0 Å². The first-order valence-corrected chi connectivity index (χ1v) is 12.0. The van der Waals surface area contributed by atoms with Crippen molar-refractivity contribution < 1.29 is 22.8 Å². The van der Waals surface area contributed by atoms with Crippen molar-refractivity contribution >= 4 is 17.5 Å². The summed E-state index contributed by atoms with van der Waals surface area (Å²) in [6.45, 7) is 0.970. The molecule has 0 radical (unpaired) electrons. The fourth-order valence-electron chi connectivity index (χ4n) is 4.38. The zero-order chi connectivity index (χ0) is 26.7. The van der Waals surface area contributed by atoms with Gasteiger partial charge in [-0.15, -0.1) is 5.10 Å². The number of likely N-dealkylation sites (tertiary alicyclic amines) is 1. The quantitative estimate of drug-likeness (QED) is 0.402. The molecule has 1 fully saturated rings. The van der Waals surface area contributed by atoms with Gasteiger partial charge in [0.05, 0.1) is 11.3 Å². The van der Waals surface area contributed by atoms with Gasteiger partial charge >= 0.3 is 6.18 Å². The Bertz CT molecular complexity index is 1410. The van der Waals surface area contributed by atoms with Gasteiger partial charge in [-0.25, -0.2) is 9.67 Å². The second kappa shape index (κ2) is 10.4. The molecule has 0 spiro atoms. The smallest absolute Gasteiger partial charge is 0.339 e. The van der Waals surface area contributed by atoms with Crippen LogP contribution < -0.4 is 5.32 Å². The van der Waals surface area contributed by atoms with Crippen molar-refractivity contribution in [2.75, 3.05) is 18.4 Å². The number of amides is 2. The van der Waals surface area contributed by atoms with Crippen molar-refractivity contribution in [2.45, 2.75) is 24.9 Å². The lowest BCUT2D eigenvalue weighted by Crippen LogP contribution is -2.38. The molecule has 0 saturated carbocycles. The molecule has 194 valence electrons. The van der Waals surface area contributed by atoms with E-state index >= 15 is 0 Å². The Hall–Kier alpha value is -4.54. The first-order valence-electron chi connectivity index (χ1n) is 12.0. The number of nitrogens with zero attached hydrogens (tertiary/aromatic N) is 5. The van der Waals surface area contributed by atoms with Gasteiger partial charge in [-0.3, -0.25) is 14.6 Å². The number of rotatable bonds is 5. The molecule has 0 atom stereocenters. The number of alkyl halides is 3. The molecule has 5 rings (SSSR count). The van der Waals surface area contributed by atoms with Crippen LogP contribution in [0.1, 0.15) is 51.0 Å². The number of benzene rings is 2. The fraction of sp³-hybridized carbons (Fsp3) is 0.222. The summed E-state index contributed by atoms with van der Waals surface area (Å²) in [6.07, 6.45) is -0.649. The van der Waals surface area contributed by atoms with Crippen LogP contribution in [0.15, 0.2) is 79.3 Å². The lowest BCUT2D eigenvalue weighted by molar-refractivity contribution is -0.141. The molecule has 3 heterocycles. The minimum atomic E-state index is -4.54. The van der Waals surface area contributed by atoms with Gasteiger partial charge in [-0.05, 0) is 60.7 Å². The van der Waals surface area contributed by atoms with E-state index in [1.807, 2.05) is 54.6 Å². The third-order valence-corrected chi connectivity index (χ3v) is 6.44. The molecule has 1 aliphatic heterocycles. The Morgan fingerprint density at radius 2 is 1.61 bits per heavy atom. The first-order chi connectivity index (χ1) is 18.3. The summed E-state index contributed by atoms with van der Waals surface area (Å²) < 4.78 is 39.7. The van der Waals surface area contributed by atoms with Gasteiger partial charge in [0.25, 0.3) is 11.8 Å². The van der Waals surface area contributed by atoms with Crippen molar-refractivity contribution in [1.82, 2.24) is 24.6 Å². The SMILES string of the molecule is O=C(Nc1ccc(C2CCN(C(=O)c3ccc(C(F)(F)F)nc3)CC2)cc1)c1ncn(-c2ccccc2)n1. The summed E-state index contributed by atoms with van der Waals surface area (Å²) in [5.74, 6) is -0.473. The lowest BCUT2D eigenvalue weighted by atomic mass is 9.89. The number of piperidine rings is 1. The number of anilines is 1.